The van der Waals surface area contributed by atoms with E-state index in [1.807, 2.05) is 12.1 Å². The quantitative estimate of drug-likeness (QED) is 0.853. The fraction of sp³-hybridized carbons (Fsp3) is 0.538. The number of likely N-dealkylation sites (tertiary alicyclic amines) is 1. The summed E-state index contributed by atoms with van der Waals surface area (Å²) in [7, 11) is 0. The molecule has 7 heteroatoms. The summed E-state index contributed by atoms with van der Waals surface area (Å²) in [6, 6.07) is 3.68. The molecule has 2 rings (SSSR count). The van der Waals surface area contributed by atoms with E-state index < -0.39 is 0 Å². The molecule has 1 atom stereocenters. The number of amides is 2. The van der Waals surface area contributed by atoms with E-state index >= 15 is 0 Å². The summed E-state index contributed by atoms with van der Waals surface area (Å²) in [5, 5.41) is 2.80. The van der Waals surface area contributed by atoms with Crippen molar-refractivity contribution in [2.24, 2.45) is 11.7 Å². The Morgan fingerprint density at radius 3 is 2.95 bits per heavy atom. The van der Waals surface area contributed by atoms with Crippen molar-refractivity contribution in [1.82, 2.24) is 10.2 Å². The number of halogens is 1. The monoisotopic (exact) mass is 359 g/mol. The van der Waals surface area contributed by atoms with Gasteiger partial charge in [0.2, 0.25) is 5.91 Å². The van der Waals surface area contributed by atoms with Gasteiger partial charge in [0.15, 0.2) is 0 Å². The Hall–Kier alpha value is -0.920. The minimum Gasteiger partial charge on any atom is -0.355 e. The second-order valence-electron chi connectivity index (χ2n) is 4.77. The highest BCUT2D eigenvalue weighted by molar-refractivity contribution is 9.11. The van der Waals surface area contributed by atoms with Crippen molar-refractivity contribution < 1.29 is 9.59 Å². The van der Waals surface area contributed by atoms with Gasteiger partial charge in [-0.05, 0) is 40.9 Å². The number of nitrogens with two attached hydrogens (primary N) is 1. The third-order valence-electron chi connectivity index (χ3n) is 3.31. The Bertz CT molecular complexity index is 492. The molecule has 1 aromatic heterocycles. The van der Waals surface area contributed by atoms with Crippen LogP contribution in [0.2, 0.25) is 0 Å². The standard InChI is InChI=1S/C13H18BrN3O2S/c14-11-4-3-10(20-11)13(19)17-7-1-2-9(8-17)12(18)16-6-5-15/h3-4,9H,1-2,5-8,15H2,(H,16,18). The lowest BCUT2D eigenvalue weighted by Gasteiger charge is -2.31. The van der Waals surface area contributed by atoms with Gasteiger partial charge in [-0.25, -0.2) is 0 Å². The lowest BCUT2D eigenvalue weighted by molar-refractivity contribution is -0.126. The maximum Gasteiger partial charge on any atom is 0.263 e. The summed E-state index contributed by atoms with van der Waals surface area (Å²) in [6.07, 6.45) is 1.69. The van der Waals surface area contributed by atoms with Crippen molar-refractivity contribution in [2.45, 2.75) is 12.8 Å². The van der Waals surface area contributed by atoms with E-state index in [-0.39, 0.29) is 17.7 Å². The maximum absolute atomic E-state index is 12.4. The molecule has 0 radical (unpaired) electrons. The smallest absolute Gasteiger partial charge is 0.263 e. The van der Waals surface area contributed by atoms with Gasteiger partial charge in [-0.3, -0.25) is 9.59 Å². The number of carbonyl (C=O) groups is 2. The molecule has 1 saturated heterocycles. The molecule has 0 bridgehead atoms. The molecule has 0 aromatic carbocycles. The van der Waals surface area contributed by atoms with Gasteiger partial charge in [-0.2, -0.15) is 0 Å². The number of carbonyl (C=O) groups excluding carboxylic acids is 2. The molecule has 0 spiro atoms. The fourth-order valence-electron chi connectivity index (χ4n) is 2.30. The van der Waals surface area contributed by atoms with Crippen LogP contribution < -0.4 is 11.1 Å². The van der Waals surface area contributed by atoms with Crippen molar-refractivity contribution in [3.05, 3.63) is 20.8 Å². The molecule has 20 heavy (non-hydrogen) atoms. The molecule has 0 saturated carbocycles. The largest absolute Gasteiger partial charge is 0.355 e. The van der Waals surface area contributed by atoms with Crippen LogP contribution in [0.25, 0.3) is 0 Å². The first-order valence-corrected chi connectivity index (χ1v) is 8.25. The zero-order chi connectivity index (χ0) is 14.5. The van der Waals surface area contributed by atoms with E-state index in [0.717, 1.165) is 23.2 Å². The zero-order valence-electron chi connectivity index (χ0n) is 11.1. The Morgan fingerprint density at radius 2 is 2.30 bits per heavy atom. The number of nitrogens with one attached hydrogen (secondary N) is 1. The van der Waals surface area contributed by atoms with E-state index in [1.165, 1.54) is 11.3 Å². The molecule has 1 unspecified atom stereocenters. The fourth-order valence-corrected chi connectivity index (χ4v) is 3.65. The second-order valence-corrected chi connectivity index (χ2v) is 7.24. The predicted molar refractivity (Wildman–Crippen MR) is 82.7 cm³/mol. The predicted octanol–water partition coefficient (Wildman–Crippen LogP) is 1.44. The first-order valence-electron chi connectivity index (χ1n) is 6.64. The van der Waals surface area contributed by atoms with Crippen LogP contribution in [-0.2, 0) is 4.79 Å². The van der Waals surface area contributed by atoms with Crippen LogP contribution in [0.5, 0.6) is 0 Å². The summed E-state index contributed by atoms with van der Waals surface area (Å²) in [6.45, 7) is 2.13. The van der Waals surface area contributed by atoms with Crippen molar-refractivity contribution in [3.8, 4) is 0 Å². The summed E-state index contributed by atoms with van der Waals surface area (Å²) in [5.41, 5.74) is 5.38. The van der Waals surface area contributed by atoms with Crippen LogP contribution in [0.3, 0.4) is 0 Å². The molecular weight excluding hydrogens is 342 g/mol. The Labute approximate surface area is 130 Å². The summed E-state index contributed by atoms with van der Waals surface area (Å²) >= 11 is 4.78. The normalized spacial score (nSPS) is 18.9. The maximum atomic E-state index is 12.4. The van der Waals surface area contributed by atoms with Crippen LogP contribution in [0.4, 0.5) is 0 Å². The zero-order valence-corrected chi connectivity index (χ0v) is 13.5. The lowest BCUT2D eigenvalue weighted by Crippen LogP contribution is -2.46. The molecule has 2 amide bonds. The van der Waals surface area contributed by atoms with Crippen LogP contribution in [0.1, 0.15) is 22.5 Å². The number of piperidine rings is 1. The molecule has 2 heterocycles. The average molecular weight is 360 g/mol. The van der Waals surface area contributed by atoms with Gasteiger partial charge in [0, 0.05) is 26.2 Å². The molecule has 0 aliphatic carbocycles. The van der Waals surface area contributed by atoms with Crippen LogP contribution in [-0.4, -0.2) is 42.9 Å². The first kappa shape index (κ1) is 15.5. The van der Waals surface area contributed by atoms with Crippen LogP contribution in [0.15, 0.2) is 15.9 Å². The Balaban J connectivity index is 1.96. The number of hydrogen-bond donors (Lipinski definition) is 2. The Kier molecular flexibility index (Phi) is 5.56. The first-order chi connectivity index (χ1) is 9.61. The summed E-state index contributed by atoms with van der Waals surface area (Å²) < 4.78 is 0.940. The van der Waals surface area contributed by atoms with E-state index in [4.69, 9.17) is 5.73 Å². The van der Waals surface area contributed by atoms with E-state index in [2.05, 4.69) is 21.2 Å². The van der Waals surface area contributed by atoms with Gasteiger partial charge in [-0.1, -0.05) is 0 Å². The third kappa shape index (κ3) is 3.80. The van der Waals surface area contributed by atoms with Gasteiger partial charge < -0.3 is 16.0 Å². The van der Waals surface area contributed by atoms with Crippen molar-refractivity contribution in [3.63, 3.8) is 0 Å². The minimum absolute atomic E-state index is 0.000287. The van der Waals surface area contributed by atoms with E-state index in [0.29, 0.717) is 24.5 Å². The molecular formula is C13H18BrN3O2S. The number of thiophene rings is 1. The molecule has 1 aliphatic rings. The van der Waals surface area contributed by atoms with E-state index in [9.17, 15) is 9.59 Å². The van der Waals surface area contributed by atoms with Gasteiger partial charge in [0.25, 0.3) is 5.91 Å². The number of nitrogens with zero attached hydrogens (tertiary/aromatic N) is 1. The van der Waals surface area contributed by atoms with Gasteiger partial charge >= 0.3 is 0 Å². The summed E-state index contributed by atoms with van der Waals surface area (Å²) in [4.78, 5) is 26.8. The number of rotatable bonds is 4. The van der Waals surface area contributed by atoms with Crippen LogP contribution in [0, 0.1) is 5.92 Å². The Morgan fingerprint density at radius 1 is 1.50 bits per heavy atom. The average Bonchev–Trinajstić information content (AvgIpc) is 2.90. The highest BCUT2D eigenvalue weighted by Crippen LogP contribution is 2.25. The molecule has 110 valence electrons. The van der Waals surface area contributed by atoms with Crippen molar-refractivity contribution in [2.75, 3.05) is 26.2 Å². The SMILES string of the molecule is NCCNC(=O)C1CCCN(C(=O)c2ccc(Br)s2)C1. The van der Waals surface area contributed by atoms with Crippen molar-refractivity contribution >= 4 is 39.1 Å². The van der Waals surface area contributed by atoms with Gasteiger partial charge in [-0.15, -0.1) is 11.3 Å². The third-order valence-corrected chi connectivity index (χ3v) is 4.92. The lowest BCUT2D eigenvalue weighted by atomic mass is 9.97. The van der Waals surface area contributed by atoms with Gasteiger partial charge in [0.05, 0.1) is 14.6 Å². The molecule has 1 fully saturated rings. The topological polar surface area (TPSA) is 75.4 Å². The highest BCUT2D eigenvalue weighted by Gasteiger charge is 2.29. The molecule has 1 aliphatic heterocycles. The molecule has 1 aromatic rings. The van der Waals surface area contributed by atoms with E-state index in [1.54, 1.807) is 4.90 Å². The highest BCUT2D eigenvalue weighted by atomic mass is 79.9. The molecule has 5 nitrogen and oxygen atoms in total. The van der Waals surface area contributed by atoms with Crippen molar-refractivity contribution in [1.29, 1.82) is 0 Å². The van der Waals surface area contributed by atoms with Crippen LogP contribution >= 0.6 is 27.3 Å². The summed E-state index contributed by atoms with van der Waals surface area (Å²) in [5.74, 6) is -0.111. The number of hydrogen-bond acceptors (Lipinski definition) is 4. The second kappa shape index (κ2) is 7.19. The molecule has 3 N–H and O–H groups in total. The minimum atomic E-state index is -0.123. The van der Waals surface area contributed by atoms with Gasteiger partial charge in [0.1, 0.15) is 0 Å².